The number of amides is 1. The summed E-state index contributed by atoms with van der Waals surface area (Å²) < 4.78 is 10.3. The van der Waals surface area contributed by atoms with Crippen molar-refractivity contribution in [2.75, 3.05) is 7.11 Å². The Labute approximate surface area is 149 Å². The minimum absolute atomic E-state index is 0.219. The molecule has 0 aliphatic heterocycles. The summed E-state index contributed by atoms with van der Waals surface area (Å²) in [4.78, 5) is 24.3. The van der Waals surface area contributed by atoms with E-state index in [0.29, 0.717) is 17.1 Å². The van der Waals surface area contributed by atoms with Crippen molar-refractivity contribution in [2.45, 2.75) is 6.54 Å². The van der Waals surface area contributed by atoms with Crippen LogP contribution in [-0.4, -0.2) is 28.0 Å². The van der Waals surface area contributed by atoms with Gasteiger partial charge in [-0.05, 0) is 24.3 Å². The van der Waals surface area contributed by atoms with Gasteiger partial charge < -0.3 is 19.5 Å². The van der Waals surface area contributed by atoms with E-state index in [1.54, 1.807) is 44.2 Å². The number of hydrogen-bond acceptors (Lipinski definition) is 5. The number of carbonyl (C=O) groups excluding carboxylic acids is 1. The van der Waals surface area contributed by atoms with Gasteiger partial charge in [0.2, 0.25) is 0 Å². The fraction of sp³-hybridized carbons (Fsp3) is 0.105. The number of benzene rings is 1. The van der Waals surface area contributed by atoms with E-state index in [1.165, 1.54) is 0 Å². The number of hydrogen-bond donors (Lipinski definition) is 2. The molecule has 4 aromatic rings. The molecule has 26 heavy (non-hydrogen) atoms. The van der Waals surface area contributed by atoms with Gasteiger partial charge in [-0.3, -0.25) is 14.8 Å². The van der Waals surface area contributed by atoms with Crippen LogP contribution < -0.4 is 10.1 Å². The van der Waals surface area contributed by atoms with E-state index in [-0.39, 0.29) is 12.5 Å². The third kappa shape index (κ3) is 3.02. The number of rotatable bonds is 5. The fourth-order valence-corrected chi connectivity index (χ4v) is 2.75. The molecule has 0 saturated carbocycles. The number of nitrogens with zero attached hydrogens (tertiary/aromatic N) is 2. The largest absolute Gasteiger partial charge is 0.497 e. The number of aromatic amines is 1. The van der Waals surface area contributed by atoms with Gasteiger partial charge >= 0.3 is 0 Å². The summed E-state index contributed by atoms with van der Waals surface area (Å²) in [6.07, 6.45) is 6.38. The van der Waals surface area contributed by atoms with Crippen molar-refractivity contribution < 1.29 is 13.9 Å². The Morgan fingerprint density at radius 1 is 1.23 bits per heavy atom. The van der Waals surface area contributed by atoms with E-state index in [2.05, 4.69) is 20.3 Å². The minimum atomic E-state index is -0.219. The highest BCUT2D eigenvalue weighted by molar-refractivity contribution is 5.98. The SMILES string of the molecule is COc1ccc2cc(C(=O)NCc3nccnc3-c3ccoc3)[nH]c2c1. The van der Waals surface area contributed by atoms with Gasteiger partial charge in [-0.1, -0.05) is 0 Å². The Balaban J connectivity index is 1.53. The molecule has 3 aromatic heterocycles. The third-order valence-electron chi connectivity index (χ3n) is 4.06. The van der Waals surface area contributed by atoms with E-state index in [0.717, 1.165) is 22.2 Å². The van der Waals surface area contributed by atoms with Crippen molar-refractivity contribution >= 4 is 16.8 Å². The average Bonchev–Trinajstić information content (AvgIpc) is 3.35. The summed E-state index contributed by atoms with van der Waals surface area (Å²) in [6.45, 7) is 0.256. The molecule has 0 bridgehead atoms. The van der Waals surface area contributed by atoms with Gasteiger partial charge in [0.05, 0.1) is 37.6 Å². The third-order valence-corrected chi connectivity index (χ3v) is 4.06. The molecule has 0 saturated heterocycles. The summed E-state index contributed by atoms with van der Waals surface area (Å²) in [7, 11) is 1.61. The van der Waals surface area contributed by atoms with E-state index in [1.807, 2.05) is 18.2 Å². The maximum atomic E-state index is 12.5. The zero-order valence-electron chi connectivity index (χ0n) is 14.0. The molecule has 7 nitrogen and oxygen atoms in total. The Kier molecular flexibility index (Phi) is 4.10. The Hall–Kier alpha value is -3.61. The van der Waals surface area contributed by atoms with E-state index in [4.69, 9.17) is 9.15 Å². The number of carbonyl (C=O) groups is 1. The Morgan fingerprint density at radius 3 is 2.92 bits per heavy atom. The average molecular weight is 348 g/mol. The van der Waals surface area contributed by atoms with Crippen molar-refractivity contribution in [1.82, 2.24) is 20.3 Å². The normalized spacial score (nSPS) is 10.8. The highest BCUT2D eigenvalue weighted by atomic mass is 16.5. The molecular weight excluding hydrogens is 332 g/mol. The van der Waals surface area contributed by atoms with Gasteiger partial charge in [-0.2, -0.15) is 0 Å². The summed E-state index contributed by atoms with van der Waals surface area (Å²) in [6, 6.07) is 9.22. The highest BCUT2D eigenvalue weighted by Crippen LogP contribution is 2.22. The van der Waals surface area contributed by atoms with Crippen LogP contribution in [0.25, 0.3) is 22.2 Å². The van der Waals surface area contributed by atoms with Gasteiger partial charge in [-0.25, -0.2) is 0 Å². The van der Waals surface area contributed by atoms with Gasteiger partial charge in [0.1, 0.15) is 11.4 Å². The maximum absolute atomic E-state index is 12.5. The second-order valence-corrected chi connectivity index (χ2v) is 5.68. The standard InChI is InChI=1S/C19H16N4O3/c1-25-14-3-2-12-8-16(23-15(12)9-14)19(24)22-10-17-18(21-6-5-20-17)13-4-7-26-11-13/h2-9,11,23H,10H2,1H3,(H,22,24). The molecule has 1 aromatic carbocycles. The molecule has 0 aliphatic rings. The lowest BCUT2D eigenvalue weighted by molar-refractivity contribution is 0.0946. The van der Waals surface area contributed by atoms with Crippen LogP contribution in [0.2, 0.25) is 0 Å². The molecule has 0 radical (unpaired) electrons. The zero-order chi connectivity index (χ0) is 17.9. The smallest absolute Gasteiger partial charge is 0.268 e. The van der Waals surface area contributed by atoms with Crippen LogP contribution in [0.4, 0.5) is 0 Å². The highest BCUT2D eigenvalue weighted by Gasteiger charge is 2.13. The van der Waals surface area contributed by atoms with E-state index in [9.17, 15) is 4.79 Å². The summed E-state index contributed by atoms with van der Waals surface area (Å²) in [5, 5.41) is 3.81. The van der Waals surface area contributed by atoms with Crippen LogP contribution in [0.1, 0.15) is 16.2 Å². The van der Waals surface area contributed by atoms with Crippen molar-refractivity contribution in [3.8, 4) is 17.0 Å². The van der Waals surface area contributed by atoms with Crippen molar-refractivity contribution in [3.63, 3.8) is 0 Å². The molecule has 2 N–H and O–H groups in total. The number of ether oxygens (including phenoxy) is 1. The number of furan rings is 1. The van der Waals surface area contributed by atoms with Crippen LogP contribution in [-0.2, 0) is 6.54 Å². The fourth-order valence-electron chi connectivity index (χ4n) is 2.75. The maximum Gasteiger partial charge on any atom is 0.268 e. The van der Waals surface area contributed by atoms with Crippen LogP contribution >= 0.6 is 0 Å². The molecule has 0 aliphatic carbocycles. The lowest BCUT2D eigenvalue weighted by atomic mass is 10.2. The predicted octanol–water partition coefficient (Wildman–Crippen LogP) is 3.16. The predicted molar refractivity (Wildman–Crippen MR) is 95.8 cm³/mol. The molecule has 0 unspecified atom stereocenters. The molecule has 3 heterocycles. The van der Waals surface area contributed by atoms with Crippen molar-refractivity contribution in [2.24, 2.45) is 0 Å². The second-order valence-electron chi connectivity index (χ2n) is 5.68. The summed E-state index contributed by atoms with van der Waals surface area (Å²) in [5.74, 6) is 0.514. The van der Waals surface area contributed by atoms with Crippen LogP contribution in [0.5, 0.6) is 5.75 Å². The van der Waals surface area contributed by atoms with Gasteiger partial charge in [-0.15, -0.1) is 0 Å². The van der Waals surface area contributed by atoms with Crippen molar-refractivity contribution in [3.05, 3.63) is 66.6 Å². The molecule has 130 valence electrons. The first kappa shape index (κ1) is 15.9. The first-order chi connectivity index (χ1) is 12.7. The Morgan fingerprint density at radius 2 is 2.12 bits per heavy atom. The number of nitrogens with one attached hydrogen (secondary N) is 2. The first-order valence-electron chi connectivity index (χ1n) is 8.02. The quantitative estimate of drug-likeness (QED) is 0.578. The summed E-state index contributed by atoms with van der Waals surface area (Å²) in [5.41, 5.74) is 3.48. The van der Waals surface area contributed by atoms with Gasteiger partial charge in [0.15, 0.2) is 0 Å². The molecule has 4 rings (SSSR count). The number of methoxy groups -OCH3 is 1. The van der Waals surface area contributed by atoms with E-state index < -0.39 is 0 Å². The van der Waals surface area contributed by atoms with Crippen LogP contribution in [0, 0.1) is 0 Å². The summed E-state index contributed by atoms with van der Waals surface area (Å²) >= 11 is 0. The topological polar surface area (TPSA) is 93.0 Å². The minimum Gasteiger partial charge on any atom is -0.497 e. The molecule has 1 amide bonds. The lowest BCUT2D eigenvalue weighted by Gasteiger charge is -2.07. The lowest BCUT2D eigenvalue weighted by Crippen LogP contribution is -2.24. The van der Waals surface area contributed by atoms with Gasteiger partial charge in [0, 0.05) is 34.9 Å². The monoisotopic (exact) mass is 348 g/mol. The molecule has 0 spiro atoms. The molecular formula is C19H16N4O3. The molecule has 7 heteroatoms. The van der Waals surface area contributed by atoms with Crippen molar-refractivity contribution in [1.29, 1.82) is 0 Å². The second kappa shape index (κ2) is 6.72. The number of H-pyrrole nitrogens is 1. The van der Waals surface area contributed by atoms with Crippen LogP contribution in [0.3, 0.4) is 0 Å². The molecule has 0 fully saturated rings. The zero-order valence-corrected chi connectivity index (χ0v) is 14.0. The van der Waals surface area contributed by atoms with E-state index >= 15 is 0 Å². The van der Waals surface area contributed by atoms with Crippen LogP contribution in [0.15, 0.2) is 59.7 Å². The van der Waals surface area contributed by atoms with Gasteiger partial charge in [0.25, 0.3) is 5.91 Å². The number of fused-ring (bicyclic) bond motifs is 1. The first-order valence-corrected chi connectivity index (χ1v) is 8.02. The Bertz CT molecular complexity index is 1050. The molecule has 0 atom stereocenters. The number of aromatic nitrogens is 3.